The SMILES string of the molecule is O=C1OCC2C3CC(S)C(C3)C12. The summed E-state index contributed by atoms with van der Waals surface area (Å²) in [4.78, 5) is 11.3. The van der Waals surface area contributed by atoms with Crippen molar-refractivity contribution in [3.63, 3.8) is 0 Å². The number of rotatable bonds is 0. The van der Waals surface area contributed by atoms with Crippen LogP contribution in [-0.2, 0) is 9.53 Å². The van der Waals surface area contributed by atoms with Crippen LogP contribution in [0.4, 0.5) is 0 Å². The largest absolute Gasteiger partial charge is 0.465 e. The molecule has 3 heteroatoms. The van der Waals surface area contributed by atoms with Crippen molar-refractivity contribution >= 4 is 18.6 Å². The molecular weight excluding hydrogens is 172 g/mol. The molecule has 2 nitrogen and oxygen atoms in total. The van der Waals surface area contributed by atoms with Gasteiger partial charge in [-0.15, -0.1) is 0 Å². The minimum Gasteiger partial charge on any atom is -0.465 e. The summed E-state index contributed by atoms with van der Waals surface area (Å²) in [6, 6.07) is 0. The van der Waals surface area contributed by atoms with Gasteiger partial charge in [0.05, 0.1) is 12.5 Å². The van der Waals surface area contributed by atoms with Crippen LogP contribution in [0.3, 0.4) is 0 Å². The Morgan fingerprint density at radius 1 is 1.33 bits per heavy atom. The van der Waals surface area contributed by atoms with Crippen LogP contribution in [0, 0.1) is 23.7 Å². The summed E-state index contributed by atoms with van der Waals surface area (Å²) in [6.45, 7) is 0.686. The maximum Gasteiger partial charge on any atom is 0.309 e. The lowest BCUT2D eigenvalue weighted by molar-refractivity contribution is -0.142. The third-order valence-electron chi connectivity index (χ3n) is 3.83. The van der Waals surface area contributed by atoms with Crippen molar-refractivity contribution < 1.29 is 9.53 Å². The molecule has 3 rings (SSSR count). The average Bonchev–Trinajstić information content (AvgIpc) is 2.62. The highest BCUT2D eigenvalue weighted by Gasteiger charge is 2.58. The number of cyclic esters (lactones) is 1. The predicted octanol–water partition coefficient (Wildman–Crippen LogP) is 1.11. The van der Waals surface area contributed by atoms with Crippen molar-refractivity contribution in [3.8, 4) is 0 Å². The van der Waals surface area contributed by atoms with E-state index in [1.165, 1.54) is 12.8 Å². The molecule has 2 bridgehead atoms. The molecule has 0 spiro atoms. The summed E-state index contributed by atoms with van der Waals surface area (Å²) in [6.07, 6.45) is 2.42. The van der Waals surface area contributed by atoms with Crippen LogP contribution in [-0.4, -0.2) is 17.8 Å². The van der Waals surface area contributed by atoms with Crippen LogP contribution in [0.25, 0.3) is 0 Å². The van der Waals surface area contributed by atoms with E-state index >= 15 is 0 Å². The molecule has 0 aromatic heterocycles. The average molecular weight is 184 g/mol. The molecule has 66 valence electrons. The van der Waals surface area contributed by atoms with E-state index in [0.717, 1.165) is 5.92 Å². The van der Waals surface area contributed by atoms with E-state index in [9.17, 15) is 4.79 Å². The van der Waals surface area contributed by atoms with Crippen LogP contribution in [0.2, 0.25) is 0 Å². The zero-order chi connectivity index (χ0) is 8.29. The quantitative estimate of drug-likeness (QED) is 0.451. The summed E-state index contributed by atoms with van der Waals surface area (Å²) in [5.74, 6) is 2.07. The first kappa shape index (κ1) is 7.25. The lowest BCUT2D eigenvalue weighted by atomic mass is 9.81. The number of esters is 1. The Hall–Kier alpha value is -0.180. The molecule has 5 atom stereocenters. The molecule has 12 heavy (non-hydrogen) atoms. The summed E-state index contributed by atoms with van der Waals surface area (Å²) in [5.41, 5.74) is 0. The molecule has 1 heterocycles. The van der Waals surface area contributed by atoms with E-state index in [1.807, 2.05) is 0 Å². The van der Waals surface area contributed by atoms with E-state index in [-0.39, 0.29) is 11.9 Å². The molecular formula is C9H12O2S. The second-order valence-electron chi connectivity index (χ2n) is 4.28. The Morgan fingerprint density at radius 2 is 2.17 bits per heavy atom. The zero-order valence-electron chi connectivity index (χ0n) is 6.77. The van der Waals surface area contributed by atoms with E-state index in [0.29, 0.717) is 23.7 Å². The molecule has 1 saturated heterocycles. The first-order chi connectivity index (χ1) is 5.77. The fraction of sp³-hybridized carbons (Fsp3) is 0.889. The number of carbonyl (C=O) groups is 1. The van der Waals surface area contributed by atoms with E-state index in [2.05, 4.69) is 12.6 Å². The van der Waals surface area contributed by atoms with Crippen molar-refractivity contribution in [3.05, 3.63) is 0 Å². The highest BCUT2D eigenvalue weighted by molar-refractivity contribution is 7.81. The van der Waals surface area contributed by atoms with Gasteiger partial charge < -0.3 is 4.74 Å². The van der Waals surface area contributed by atoms with E-state index in [1.54, 1.807) is 0 Å². The van der Waals surface area contributed by atoms with Crippen LogP contribution in [0.5, 0.6) is 0 Å². The first-order valence-electron chi connectivity index (χ1n) is 4.62. The molecule has 0 N–H and O–H groups in total. The monoisotopic (exact) mass is 184 g/mol. The van der Waals surface area contributed by atoms with Crippen LogP contribution in [0.1, 0.15) is 12.8 Å². The summed E-state index contributed by atoms with van der Waals surface area (Å²) in [5, 5.41) is 0.460. The van der Waals surface area contributed by atoms with E-state index in [4.69, 9.17) is 4.74 Å². The molecule has 3 aliphatic rings. The summed E-state index contributed by atoms with van der Waals surface area (Å²) >= 11 is 4.51. The zero-order valence-corrected chi connectivity index (χ0v) is 7.67. The van der Waals surface area contributed by atoms with Gasteiger partial charge in [-0.1, -0.05) is 0 Å². The molecule has 2 saturated carbocycles. The van der Waals surface area contributed by atoms with Crippen LogP contribution in [0.15, 0.2) is 0 Å². The van der Waals surface area contributed by atoms with Crippen molar-refractivity contribution in [2.45, 2.75) is 18.1 Å². The smallest absolute Gasteiger partial charge is 0.309 e. The van der Waals surface area contributed by atoms with E-state index < -0.39 is 0 Å². The lowest BCUT2D eigenvalue weighted by Gasteiger charge is -2.24. The first-order valence-corrected chi connectivity index (χ1v) is 5.13. The Morgan fingerprint density at radius 3 is 3.00 bits per heavy atom. The standard InChI is InChI=1S/C9H12O2S/c10-9-8-5-1-4(2-7(5)12)6(8)3-11-9/h4-8,12H,1-3H2. The highest BCUT2D eigenvalue weighted by Crippen LogP contribution is 2.56. The molecule has 2 aliphatic carbocycles. The third-order valence-corrected chi connectivity index (χ3v) is 4.43. The number of ether oxygens (including phenoxy) is 1. The van der Waals surface area contributed by atoms with Gasteiger partial charge in [-0.3, -0.25) is 4.79 Å². The predicted molar refractivity (Wildman–Crippen MR) is 46.9 cm³/mol. The molecule has 0 amide bonds. The minimum atomic E-state index is 0.0475. The molecule has 0 aromatic rings. The number of thiol groups is 1. The maximum absolute atomic E-state index is 11.3. The van der Waals surface area contributed by atoms with Crippen molar-refractivity contribution in [1.29, 1.82) is 0 Å². The van der Waals surface area contributed by atoms with Gasteiger partial charge in [0.25, 0.3) is 0 Å². The third kappa shape index (κ3) is 0.709. The second kappa shape index (κ2) is 2.19. The molecule has 5 unspecified atom stereocenters. The highest BCUT2D eigenvalue weighted by atomic mass is 32.1. The van der Waals surface area contributed by atoms with Gasteiger partial charge in [0, 0.05) is 11.2 Å². The topological polar surface area (TPSA) is 26.3 Å². The number of hydrogen-bond donors (Lipinski definition) is 1. The lowest BCUT2D eigenvalue weighted by Crippen LogP contribution is -2.29. The van der Waals surface area contributed by atoms with Crippen LogP contribution >= 0.6 is 12.6 Å². The fourth-order valence-corrected chi connectivity index (χ4v) is 3.88. The Balaban J connectivity index is 1.95. The van der Waals surface area contributed by atoms with Gasteiger partial charge in [0.15, 0.2) is 0 Å². The van der Waals surface area contributed by atoms with Crippen LogP contribution < -0.4 is 0 Å². The van der Waals surface area contributed by atoms with Crippen molar-refractivity contribution in [2.75, 3.05) is 6.61 Å². The minimum absolute atomic E-state index is 0.0475. The van der Waals surface area contributed by atoms with Gasteiger partial charge in [-0.05, 0) is 24.7 Å². The second-order valence-corrected chi connectivity index (χ2v) is 4.95. The summed E-state index contributed by atoms with van der Waals surface area (Å²) in [7, 11) is 0. The van der Waals surface area contributed by atoms with Crippen molar-refractivity contribution in [1.82, 2.24) is 0 Å². The summed E-state index contributed by atoms with van der Waals surface area (Å²) < 4.78 is 5.08. The number of hydrogen-bond acceptors (Lipinski definition) is 3. The molecule has 3 fully saturated rings. The maximum atomic E-state index is 11.3. The molecule has 0 radical (unpaired) electrons. The van der Waals surface area contributed by atoms with Gasteiger partial charge in [0.1, 0.15) is 0 Å². The Kier molecular flexibility index (Phi) is 1.32. The Bertz CT molecular complexity index is 241. The van der Waals surface area contributed by atoms with Gasteiger partial charge in [-0.2, -0.15) is 12.6 Å². The van der Waals surface area contributed by atoms with Gasteiger partial charge in [0.2, 0.25) is 0 Å². The van der Waals surface area contributed by atoms with Gasteiger partial charge >= 0.3 is 5.97 Å². The normalized spacial score (nSPS) is 55.8. The number of carbonyl (C=O) groups excluding carboxylic acids is 1. The molecule has 1 aliphatic heterocycles. The molecule has 0 aromatic carbocycles. The number of fused-ring (bicyclic) bond motifs is 5. The van der Waals surface area contributed by atoms with Gasteiger partial charge in [-0.25, -0.2) is 0 Å². The van der Waals surface area contributed by atoms with Crippen molar-refractivity contribution in [2.24, 2.45) is 23.7 Å². The Labute approximate surface area is 77.1 Å². The fourth-order valence-electron chi connectivity index (χ4n) is 3.30.